The molecule has 2 rings (SSSR count). The first-order valence-electron chi connectivity index (χ1n) is 6.06. The maximum atomic E-state index is 11.8. The van der Waals surface area contributed by atoms with Gasteiger partial charge >= 0.3 is 0 Å². The van der Waals surface area contributed by atoms with Gasteiger partial charge in [-0.15, -0.1) is 0 Å². The average molecular weight is 242 g/mol. The van der Waals surface area contributed by atoms with Crippen molar-refractivity contribution in [3.8, 4) is 0 Å². The van der Waals surface area contributed by atoms with Crippen molar-refractivity contribution in [3.63, 3.8) is 0 Å². The van der Waals surface area contributed by atoms with Crippen LogP contribution in [0.25, 0.3) is 0 Å². The summed E-state index contributed by atoms with van der Waals surface area (Å²) in [6, 6.07) is 11.5. The first-order valence-corrected chi connectivity index (χ1v) is 6.06. The van der Waals surface area contributed by atoms with E-state index in [-0.39, 0.29) is 5.56 Å². The van der Waals surface area contributed by atoms with Gasteiger partial charge < -0.3 is 10.3 Å². The summed E-state index contributed by atoms with van der Waals surface area (Å²) in [5, 5.41) is 0. The molecule has 1 aromatic heterocycles. The summed E-state index contributed by atoms with van der Waals surface area (Å²) < 4.78 is 1.78. The summed E-state index contributed by atoms with van der Waals surface area (Å²) in [7, 11) is 0. The van der Waals surface area contributed by atoms with Gasteiger partial charge in [-0.3, -0.25) is 4.79 Å². The van der Waals surface area contributed by atoms with Gasteiger partial charge in [-0.2, -0.15) is 0 Å². The average Bonchev–Trinajstić information content (AvgIpc) is 2.35. The van der Waals surface area contributed by atoms with E-state index in [9.17, 15) is 4.79 Å². The third-order valence-corrected chi connectivity index (χ3v) is 3.24. The van der Waals surface area contributed by atoms with Gasteiger partial charge in [0.05, 0.1) is 6.54 Å². The molecule has 0 saturated carbocycles. The summed E-state index contributed by atoms with van der Waals surface area (Å²) >= 11 is 0. The Morgan fingerprint density at radius 3 is 2.56 bits per heavy atom. The van der Waals surface area contributed by atoms with Crippen LogP contribution >= 0.6 is 0 Å². The molecule has 3 heteroatoms. The number of nitrogens with zero attached hydrogens (tertiary/aromatic N) is 1. The number of rotatable bonds is 3. The molecular formula is C15H18N2O. The molecule has 0 amide bonds. The number of benzene rings is 1. The summed E-state index contributed by atoms with van der Waals surface area (Å²) in [6.07, 6.45) is 0. The summed E-state index contributed by atoms with van der Waals surface area (Å²) in [5.41, 5.74) is 10.1. The lowest BCUT2D eigenvalue weighted by atomic mass is 10.0. The first kappa shape index (κ1) is 12.6. The highest BCUT2D eigenvalue weighted by atomic mass is 16.1. The van der Waals surface area contributed by atoms with E-state index in [1.807, 2.05) is 19.1 Å². The fraction of sp³-hybridized carbons (Fsp3) is 0.267. The number of pyridine rings is 1. The molecule has 0 aliphatic heterocycles. The summed E-state index contributed by atoms with van der Waals surface area (Å²) in [5.74, 6) is 0. The Kier molecular flexibility index (Phi) is 3.63. The van der Waals surface area contributed by atoms with Crippen molar-refractivity contribution in [1.82, 2.24) is 4.57 Å². The molecule has 0 aliphatic carbocycles. The van der Waals surface area contributed by atoms with Gasteiger partial charge in [-0.25, -0.2) is 0 Å². The van der Waals surface area contributed by atoms with Crippen LogP contribution in [0.15, 0.2) is 41.2 Å². The smallest absolute Gasteiger partial charge is 0.251 e. The van der Waals surface area contributed by atoms with Crippen molar-refractivity contribution in [2.45, 2.75) is 26.9 Å². The second kappa shape index (κ2) is 5.19. The maximum absolute atomic E-state index is 11.8. The van der Waals surface area contributed by atoms with E-state index >= 15 is 0 Å². The van der Waals surface area contributed by atoms with Crippen molar-refractivity contribution >= 4 is 0 Å². The highest BCUT2D eigenvalue weighted by molar-refractivity contribution is 5.31. The van der Waals surface area contributed by atoms with Crippen molar-refractivity contribution in [1.29, 1.82) is 0 Å². The van der Waals surface area contributed by atoms with Gasteiger partial charge in [0.15, 0.2) is 0 Å². The highest BCUT2D eigenvalue weighted by Gasteiger charge is 2.04. The Morgan fingerprint density at radius 1 is 1.17 bits per heavy atom. The van der Waals surface area contributed by atoms with E-state index in [1.165, 1.54) is 5.56 Å². The predicted octanol–water partition coefficient (Wildman–Crippen LogP) is 1.97. The maximum Gasteiger partial charge on any atom is 0.251 e. The minimum Gasteiger partial charge on any atom is -0.326 e. The third-order valence-electron chi connectivity index (χ3n) is 3.24. The van der Waals surface area contributed by atoms with Crippen LogP contribution in [-0.4, -0.2) is 4.57 Å². The van der Waals surface area contributed by atoms with Crippen LogP contribution in [0.4, 0.5) is 0 Å². The zero-order chi connectivity index (χ0) is 13.1. The zero-order valence-corrected chi connectivity index (χ0v) is 10.8. The highest BCUT2D eigenvalue weighted by Crippen LogP contribution is 2.12. The first-order chi connectivity index (χ1) is 8.61. The lowest BCUT2D eigenvalue weighted by Gasteiger charge is -2.12. The van der Waals surface area contributed by atoms with Gasteiger partial charge in [0.2, 0.25) is 0 Å². The van der Waals surface area contributed by atoms with E-state index in [1.54, 1.807) is 16.7 Å². The van der Waals surface area contributed by atoms with E-state index in [2.05, 4.69) is 19.1 Å². The molecule has 1 heterocycles. The van der Waals surface area contributed by atoms with Gasteiger partial charge in [0.1, 0.15) is 0 Å². The lowest BCUT2D eigenvalue weighted by Crippen LogP contribution is -2.21. The van der Waals surface area contributed by atoms with E-state index in [0.717, 1.165) is 16.8 Å². The monoisotopic (exact) mass is 242 g/mol. The zero-order valence-electron chi connectivity index (χ0n) is 10.8. The normalized spacial score (nSPS) is 10.6. The number of aromatic nitrogens is 1. The molecule has 0 bridgehead atoms. The molecule has 3 nitrogen and oxygen atoms in total. The minimum absolute atomic E-state index is 0.0392. The Bertz CT molecular complexity index is 614. The fourth-order valence-electron chi connectivity index (χ4n) is 2.06. The predicted molar refractivity (Wildman–Crippen MR) is 73.6 cm³/mol. The number of hydrogen-bond acceptors (Lipinski definition) is 2. The molecule has 1 aromatic carbocycles. The van der Waals surface area contributed by atoms with Crippen molar-refractivity contribution in [2.24, 2.45) is 5.73 Å². The molecule has 18 heavy (non-hydrogen) atoms. The van der Waals surface area contributed by atoms with Crippen LogP contribution < -0.4 is 11.3 Å². The SMILES string of the molecule is Cc1cc(CN)ccc1Cn1c(C)cccc1=O. The Hall–Kier alpha value is -1.87. The Morgan fingerprint density at radius 2 is 1.94 bits per heavy atom. The molecule has 0 fully saturated rings. The van der Waals surface area contributed by atoms with E-state index in [0.29, 0.717) is 13.1 Å². The van der Waals surface area contributed by atoms with Crippen molar-refractivity contribution < 1.29 is 0 Å². The number of nitrogens with two attached hydrogens (primary N) is 1. The molecular weight excluding hydrogens is 224 g/mol. The second-order valence-corrected chi connectivity index (χ2v) is 4.56. The molecule has 0 saturated heterocycles. The molecule has 0 aliphatic rings. The molecule has 0 unspecified atom stereocenters. The van der Waals surface area contributed by atoms with E-state index < -0.39 is 0 Å². The fourth-order valence-corrected chi connectivity index (χ4v) is 2.06. The molecule has 94 valence electrons. The van der Waals surface area contributed by atoms with Crippen LogP contribution in [0.2, 0.25) is 0 Å². The number of aryl methyl sites for hydroxylation is 2. The van der Waals surface area contributed by atoms with Crippen LogP contribution in [0.5, 0.6) is 0 Å². The third kappa shape index (κ3) is 2.51. The molecule has 0 radical (unpaired) electrons. The van der Waals surface area contributed by atoms with Gasteiger partial charge in [0.25, 0.3) is 5.56 Å². The number of hydrogen-bond donors (Lipinski definition) is 1. The van der Waals surface area contributed by atoms with Crippen LogP contribution in [0.1, 0.15) is 22.4 Å². The topological polar surface area (TPSA) is 48.0 Å². The van der Waals surface area contributed by atoms with Crippen LogP contribution in [0.3, 0.4) is 0 Å². The lowest BCUT2D eigenvalue weighted by molar-refractivity contribution is 0.726. The molecule has 0 atom stereocenters. The van der Waals surface area contributed by atoms with E-state index in [4.69, 9.17) is 5.73 Å². The quantitative estimate of drug-likeness (QED) is 0.894. The van der Waals surface area contributed by atoms with Crippen molar-refractivity contribution in [3.05, 3.63) is 69.1 Å². The van der Waals surface area contributed by atoms with Gasteiger partial charge in [-0.1, -0.05) is 24.3 Å². The summed E-state index contributed by atoms with van der Waals surface area (Å²) in [4.78, 5) is 11.8. The Balaban J connectivity index is 2.37. The van der Waals surface area contributed by atoms with Crippen LogP contribution in [0, 0.1) is 13.8 Å². The standard InChI is InChI=1S/C15H18N2O/c1-11-8-13(9-16)6-7-14(11)10-17-12(2)4-3-5-15(17)18/h3-8H,9-10,16H2,1-2H3. The largest absolute Gasteiger partial charge is 0.326 e. The van der Waals surface area contributed by atoms with Crippen LogP contribution in [-0.2, 0) is 13.1 Å². The van der Waals surface area contributed by atoms with Gasteiger partial charge in [0, 0.05) is 18.3 Å². The summed E-state index contributed by atoms with van der Waals surface area (Å²) in [6.45, 7) is 5.16. The molecule has 2 aromatic rings. The van der Waals surface area contributed by atoms with Crippen molar-refractivity contribution in [2.75, 3.05) is 0 Å². The minimum atomic E-state index is 0.0392. The molecule has 2 N–H and O–H groups in total. The molecule has 0 spiro atoms. The van der Waals surface area contributed by atoms with Gasteiger partial charge in [-0.05, 0) is 36.6 Å². The second-order valence-electron chi connectivity index (χ2n) is 4.56. The Labute approximate surface area is 107 Å².